The van der Waals surface area contributed by atoms with E-state index in [1.807, 2.05) is 0 Å². The summed E-state index contributed by atoms with van der Waals surface area (Å²) in [5, 5.41) is 7.77. The summed E-state index contributed by atoms with van der Waals surface area (Å²) in [7, 11) is 0. The van der Waals surface area contributed by atoms with E-state index in [-0.39, 0.29) is 11.4 Å². The Bertz CT molecular complexity index is 2020. The monoisotopic (exact) mass is 576 g/mol. The van der Waals surface area contributed by atoms with Crippen molar-refractivity contribution in [2.24, 2.45) is 0 Å². The Balaban J connectivity index is 1.53. The number of hydrogen-bond donors (Lipinski definition) is 0. The summed E-state index contributed by atoms with van der Waals surface area (Å²) >= 11 is 0. The lowest BCUT2D eigenvalue weighted by molar-refractivity contribution is -0.137. The molecule has 0 saturated carbocycles. The van der Waals surface area contributed by atoms with Gasteiger partial charge in [-0.25, -0.2) is 4.79 Å². The first-order valence-corrected chi connectivity index (χ1v) is 15.5. The average molecular weight is 577 g/mol. The molecule has 6 aromatic rings. The van der Waals surface area contributed by atoms with E-state index in [1.54, 1.807) is 0 Å². The van der Waals surface area contributed by atoms with Crippen LogP contribution in [0, 0.1) is 0 Å². The number of ether oxygens (including phenoxy) is 1. The molecule has 2 heteroatoms. The van der Waals surface area contributed by atoms with Crippen LogP contribution in [0.2, 0.25) is 0 Å². The third kappa shape index (κ3) is 5.65. The minimum absolute atomic E-state index is 0.0670. The lowest BCUT2D eigenvalue weighted by Gasteiger charge is -2.23. The molecule has 220 valence electrons. The lowest BCUT2D eigenvalue weighted by Crippen LogP contribution is -2.10. The number of benzene rings is 6. The first kappa shape index (κ1) is 29.4. The zero-order valence-electron chi connectivity index (χ0n) is 26.3. The predicted octanol–water partition coefficient (Wildman–Crippen LogP) is 11.3. The minimum atomic E-state index is -0.361. The predicted molar refractivity (Wildman–Crippen MR) is 189 cm³/mol. The van der Waals surface area contributed by atoms with E-state index in [0.717, 1.165) is 30.4 Å². The van der Waals surface area contributed by atoms with E-state index in [0.29, 0.717) is 6.61 Å². The Labute approximate surface area is 261 Å². The van der Waals surface area contributed by atoms with Gasteiger partial charge in [0, 0.05) is 6.08 Å². The Morgan fingerprint density at radius 1 is 0.773 bits per heavy atom. The van der Waals surface area contributed by atoms with Gasteiger partial charge in [0.15, 0.2) is 0 Å². The lowest BCUT2D eigenvalue weighted by atomic mass is 9.81. The molecule has 0 fully saturated rings. The van der Waals surface area contributed by atoms with Gasteiger partial charge in [0.25, 0.3) is 0 Å². The molecule has 0 N–H and O–H groups in total. The largest absolute Gasteiger partial charge is 0.463 e. The summed E-state index contributed by atoms with van der Waals surface area (Å²) in [5.74, 6) is -0.361. The van der Waals surface area contributed by atoms with Gasteiger partial charge in [-0.15, -0.1) is 0 Å². The van der Waals surface area contributed by atoms with E-state index in [9.17, 15) is 4.79 Å². The molecule has 0 atom stereocenters. The van der Waals surface area contributed by atoms with Gasteiger partial charge >= 0.3 is 5.97 Å². The van der Waals surface area contributed by atoms with Crippen LogP contribution >= 0.6 is 0 Å². The molecule has 6 aromatic carbocycles. The van der Waals surface area contributed by atoms with Crippen LogP contribution in [0.5, 0.6) is 0 Å². The highest BCUT2D eigenvalue weighted by Gasteiger charge is 2.20. The molecular formula is C42H40O2. The van der Waals surface area contributed by atoms with Crippen molar-refractivity contribution in [3.8, 4) is 22.3 Å². The molecule has 0 aliphatic heterocycles. The summed E-state index contributed by atoms with van der Waals surface area (Å²) in [4.78, 5) is 11.4. The van der Waals surface area contributed by atoms with E-state index in [4.69, 9.17) is 4.74 Å². The third-order valence-corrected chi connectivity index (χ3v) is 8.76. The fourth-order valence-corrected chi connectivity index (χ4v) is 6.34. The van der Waals surface area contributed by atoms with Crippen molar-refractivity contribution < 1.29 is 9.53 Å². The van der Waals surface area contributed by atoms with Crippen LogP contribution in [0.3, 0.4) is 0 Å². The van der Waals surface area contributed by atoms with Crippen molar-refractivity contribution in [1.82, 2.24) is 0 Å². The highest BCUT2D eigenvalue weighted by Crippen LogP contribution is 2.45. The van der Waals surface area contributed by atoms with Gasteiger partial charge in [0.05, 0.1) is 6.61 Å². The number of unbranched alkanes of at least 4 members (excludes halogenated alkanes) is 1. The molecule has 2 nitrogen and oxygen atoms in total. The second-order valence-corrected chi connectivity index (χ2v) is 13.0. The van der Waals surface area contributed by atoms with Gasteiger partial charge in [-0.2, -0.15) is 0 Å². The highest BCUT2D eigenvalue weighted by atomic mass is 16.5. The number of aryl methyl sites for hydroxylation is 1. The standard InChI is InChI=1S/C42H40O2/c1-7-39(43)44-21-9-8-12-28-13-10-15-30(22-28)37-26-38(31-16-11-14-29(23-31)27(2)3)36-20-18-33-25-34(42(4,5)6)24-32-17-19-35(37)41(36)40(32)33/h7,10-11,13-20,22-26H,1-2,8-9,12,21H2,3-6H3. The van der Waals surface area contributed by atoms with Crippen LogP contribution in [0.4, 0.5) is 0 Å². The van der Waals surface area contributed by atoms with Crippen molar-refractivity contribution in [3.05, 3.63) is 127 Å². The normalized spacial score (nSPS) is 11.8. The van der Waals surface area contributed by atoms with E-state index >= 15 is 0 Å². The fourth-order valence-electron chi connectivity index (χ4n) is 6.34. The third-order valence-electron chi connectivity index (χ3n) is 8.76. The zero-order chi connectivity index (χ0) is 31.0. The van der Waals surface area contributed by atoms with Gasteiger partial charge in [-0.1, -0.05) is 118 Å². The first-order valence-electron chi connectivity index (χ1n) is 15.5. The number of carbonyl (C=O) groups excluding carboxylic acids is 1. The number of carbonyl (C=O) groups is 1. The van der Waals surface area contributed by atoms with Gasteiger partial charge in [-0.3, -0.25) is 0 Å². The van der Waals surface area contributed by atoms with Gasteiger partial charge < -0.3 is 4.74 Å². The van der Waals surface area contributed by atoms with E-state index in [1.165, 1.54) is 71.8 Å². The molecule has 0 spiro atoms. The molecule has 0 unspecified atom stereocenters. The van der Waals surface area contributed by atoms with Crippen LogP contribution < -0.4 is 0 Å². The Morgan fingerprint density at radius 2 is 1.41 bits per heavy atom. The number of rotatable bonds is 9. The first-order chi connectivity index (χ1) is 21.1. The molecular weight excluding hydrogens is 536 g/mol. The molecule has 0 aliphatic rings. The second-order valence-electron chi connectivity index (χ2n) is 13.0. The second kappa shape index (κ2) is 11.8. The van der Waals surface area contributed by atoms with Crippen LogP contribution in [0.1, 0.15) is 57.2 Å². The smallest absolute Gasteiger partial charge is 0.330 e. The van der Waals surface area contributed by atoms with Crippen LogP contribution in [-0.4, -0.2) is 12.6 Å². The quantitative estimate of drug-likeness (QED) is 0.0740. The molecule has 0 aromatic heterocycles. The minimum Gasteiger partial charge on any atom is -0.463 e. The highest BCUT2D eigenvalue weighted by molar-refractivity contribution is 6.28. The van der Waals surface area contributed by atoms with Crippen LogP contribution in [-0.2, 0) is 21.4 Å². The van der Waals surface area contributed by atoms with Gasteiger partial charge in [0.2, 0.25) is 0 Å². The molecule has 6 rings (SSSR count). The van der Waals surface area contributed by atoms with Crippen LogP contribution in [0.15, 0.2) is 110 Å². The molecule has 0 radical (unpaired) electrons. The van der Waals surface area contributed by atoms with Crippen molar-refractivity contribution >= 4 is 43.9 Å². The number of esters is 1. The van der Waals surface area contributed by atoms with Crippen molar-refractivity contribution in [2.75, 3.05) is 6.61 Å². The molecule has 0 bridgehead atoms. The molecule has 44 heavy (non-hydrogen) atoms. The summed E-state index contributed by atoms with van der Waals surface area (Å²) in [6.07, 6.45) is 3.91. The molecule has 0 aliphatic carbocycles. The maximum Gasteiger partial charge on any atom is 0.330 e. The van der Waals surface area contributed by atoms with Gasteiger partial charge in [0.1, 0.15) is 0 Å². The van der Waals surface area contributed by atoms with E-state index in [2.05, 4.69) is 132 Å². The Morgan fingerprint density at radius 3 is 2.02 bits per heavy atom. The fraction of sp³-hybridized carbons (Fsp3) is 0.214. The molecule has 0 saturated heterocycles. The maximum absolute atomic E-state index is 11.4. The van der Waals surface area contributed by atoms with E-state index < -0.39 is 0 Å². The Kier molecular flexibility index (Phi) is 7.86. The van der Waals surface area contributed by atoms with Crippen molar-refractivity contribution in [3.63, 3.8) is 0 Å². The van der Waals surface area contributed by atoms with Crippen molar-refractivity contribution in [1.29, 1.82) is 0 Å². The van der Waals surface area contributed by atoms with Crippen LogP contribution in [0.25, 0.3) is 60.1 Å². The topological polar surface area (TPSA) is 26.3 Å². The summed E-state index contributed by atoms with van der Waals surface area (Å²) in [5.41, 5.74) is 9.81. The molecule has 0 heterocycles. The summed E-state index contributed by atoms with van der Waals surface area (Å²) < 4.78 is 5.17. The SMILES string of the molecule is C=CC(=O)OCCCCc1cccc(-c2cc(-c3cccc(C(=C)C)c3)c3ccc4cc(C(C)(C)C)cc5ccc2c3c54)c1. The van der Waals surface area contributed by atoms with Crippen molar-refractivity contribution in [2.45, 2.75) is 52.4 Å². The number of allylic oxidation sites excluding steroid dienone is 1. The zero-order valence-corrected chi connectivity index (χ0v) is 26.3. The Hall–Kier alpha value is -4.69. The summed E-state index contributed by atoms with van der Waals surface area (Å²) in [6, 6.07) is 34.1. The molecule has 0 amide bonds. The summed E-state index contributed by atoms with van der Waals surface area (Å²) in [6.45, 7) is 17.0. The van der Waals surface area contributed by atoms with Gasteiger partial charge in [-0.05, 0) is 115 Å². The average Bonchev–Trinajstić information content (AvgIpc) is 3.02. The number of hydrogen-bond acceptors (Lipinski definition) is 2. The maximum atomic E-state index is 11.4.